The highest BCUT2D eigenvalue weighted by molar-refractivity contribution is 6.23. The number of nitrogens with one attached hydrogen (secondary N) is 1. The molecule has 5 amide bonds. The van der Waals surface area contributed by atoms with Crippen molar-refractivity contribution < 1.29 is 24.0 Å². The summed E-state index contributed by atoms with van der Waals surface area (Å²) in [6.45, 7) is 8.65. The van der Waals surface area contributed by atoms with E-state index in [2.05, 4.69) is 41.1 Å². The summed E-state index contributed by atoms with van der Waals surface area (Å²) >= 11 is 0. The van der Waals surface area contributed by atoms with Crippen LogP contribution < -0.4 is 5.32 Å². The van der Waals surface area contributed by atoms with Gasteiger partial charge in [-0.1, -0.05) is 38.1 Å². The van der Waals surface area contributed by atoms with Crippen molar-refractivity contribution in [1.29, 1.82) is 0 Å². The molecular formula is C33H38N4O5. The second-order valence-electron chi connectivity index (χ2n) is 12.3. The van der Waals surface area contributed by atoms with Gasteiger partial charge in [0.25, 0.3) is 11.8 Å². The lowest BCUT2D eigenvalue weighted by Crippen LogP contribution is -2.54. The zero-order chi connectivity index (χ0) is 29.5. The molecule has 2 aromatic rings. The van der Waals surface area contributed by atoms with Crippen molar-refractivity contribution in [1.82, 2.24) is 20.0 Å². The fourth-order valence-electron chi connectivity index (χ4n) is 7.35. The Morgan fingerprint density at radius 2 is 1.57 bits per heavy atom. The largest absolute Gasteiger partial charge is 0.342 e. The van der Waals surface area contributed by atoms with Crippen LogP contribution in [0.25, 0.3) is 11.1 Å². The third-order valence-corrected chi connectivity index (χ3v) is 9.41. The first-order valence-corrected chi connectivity index (χ1v) is 15.2. The lowest BCUT2D eigenvalue weighted by molar-refractivity contribution is -0.140. The minimum atomic E-state index is -0.976. The molecule has 9 heteroatoms. The van der Waals surface area contributed by atoms with Gasteiger partial charge < -0.3 is 4.90 Å². The summed E-state index contributed by atoms with van der Waals surface area (Å²) in [5.74, 6) is -0.558. The average molecular weight is 571 g/mol. The SMILES string of the molecule is CCC(CC)C(=O)N1CC2CC(CN(Cc3cccc(-c4ccc5c(c4)C(=O)N(C4CCC(=O)NC4=O)C5=O)c3)C2)C1. The molecule has 42 heavy (non-hydrogen) atoms. The van der Waals surface area contributed by atoms with Gasteiger partial charge in [0, 0.05) is 45.1 Å². The third-order valence-electron chi connectivity index (χ3n) is 9.41. The summed E-state index contributed by atoms with van der Waals surface area (Å²) in [5, 5.41) is 2.23. The first kappa shape index (κ1) is 28.3. The van der Waals surface area contributed by atoms with Crippen molar-refractivity contribution in [2.75, 3.05) is 26.2 Å². The third kappa shape index (κ3) is 5.26. The first-order valence-electron chi connectivity index (χ1n) is 15.2. The van der Waals surface area contributed by atoms with Crippen LogP contribution in [0.1, 0.15) is 72.2 Å². The predicted octanol–water partition coefficient (Wildman–Crippen LogP) is 3.47. The van der Waals surface area contributed by atoms with E-state index in [4.69, 9.17) is 0 Å². The zero-order valence-corrected chi connectivity index (χ0v) is 24.3. The van der Waals surface area contributed by atoms with Crippen LogP contribution in [0.5, 0.6) is 0 Å². The molecule has 0 saturated carbocycles. The summed E-state index contributed by atoms with van der Waals surface area (Å²) in [4.78, 5) is 68.9. The van der Waals surface area contributed by atoms with Crippen LogP contribution in [-0.4, -0.2) is 76.5 Å². The Balaban J connectivity index is 1.14. The molecule has 3 saturated heterocycles. The lowest BCUT2D eigenvalue weighted by Gasteiger charge is -2.46. The van der Waals surface area contributed by atoms with E-state index in [1.165, 1.54) is 12.0 Å². The van der Waals surface area contributed by atoms with E-state index in [1.807, 2.05) is 18.2 Å². The number of imide groups is 2. The molecule has 4 heterocycles. The van der Waals surface area contributed by atoms with Gasteiger partial charge >= 0.3 is 0 Å². The minimum absolute atomic E-state index is 0.0922. The zero-order valence-electron chi connectivity index (χ0n) is 24.3. The second-order valence-corrected chi connectivity index (χ2v) is 12.3. The Hall–Kier alpha value is -3.85. The monoisotopic (exact) mass is 570 g/mol. The van der Waals surface area contributed by atoms with Gasteiger partial charge in [0.05, 0.1) is 11.1 Å². The van der Waals surface area contributed by atoms with Crippen molar-refractivity contribution in [2.24, 2.45) is 17.8 Å². The summed E-state index contributed by atoms with van der Waals surface area (Å²) in [6, 6.07) is 12.5. The van der Waals surface area contributed by atoms with E-state index in [-0.39, 0.29) is 29.9 Å². The predicted molar refractivity (Wildman–Crippen MR) is 156 cm³/mol. The summed E-state index contributed by atoms with van der Waals surface area (Å²) in [7, 11) is 0. The molecule has 2 aromatic carbocycles. The molecule has 220 valence electrons. The summed E-state index contributed by atoms with van der Waals surface area (Å²) < 4.78 is 0. The van der Waals surface area contributed by atoms with Crippen LogP contribution in [0.15, 0.2) is 42.5 Å². The number of nitrogens with zero attached hydrogens (tertiary/aromatic N) is 3. The number of rotatable bonds is 7. The van der Waals surface area contributed by atoms with Crippen LogP contribution in [0.2, 0.25) is 0 Å². The van der Waals surface area contributed by atoms with E-state index in [0.717, 1.165) is 61.6 Å². The molecule has 0 aliphatic carbocycles. The van der Waals surface area contributed by atoms with Gasteiger partial charge in [-0.3, -0.25) is 39.1 Å². The van der Waals surface area contributed by atoms with Crippen LogP contribution in [-0.2, 0) is 20.9 Å². The molecule has 4 aliphatic heterocycles. The van der Waals surface area contributed by atoms with E-state index in [0.29, 0.717) is 17.7 Å². The maximum absolute atomic E-state index is 13.3. The fraction of sp³-hybridized carbons (Fsp3) is 0.485. The van der Waals surface area contributed by atoms with Gasteiger partial charge in [0.2, 0.25) is 17.7 Å². The summed E-state index contributed by atoms with van der Waals surface area (Å²) in [6.07, 6.45) is 3.21. The average Bonchev–Trinajstić information content (AvgIpc) is 3.22. The Bertz CT molecular complexity index is 1440. The normalized spacial score (nSPS) is 24.3. The maximum atomic E-state index is 13.3. The Kier molecular flexibility index (Phi) is 7.70. The number of fused-ring (bicyclic) bond motifs is 3. The van der Waals surface area contributed by atoms with E-state index < -0.39 is 29.7 Å². The van der Waals surface area contributed by atoms with Crippen LogP contribution >= 0.6 is 0 Å². The molecule has 3 unspecified atom stereocenters. The highest BCUT2D eigenvalue weighted by Crippen LogP contribution is 2.33. The number of hydrogen-bond acceptors (Lipinski definition) is 6. The number of benzene rings is 2. The standard InChI is InChI=1S/C33H38N4O5/c1-3-23(4-2)31(40)36-18-21-12-22(19-36)17-35(16-21)15-20-6-5-7-24(13-20)25-8-9-26-27(14-25)33(42)37(32(26)41)28-10-11-29(38)34-30(28)39/h5-9,13-14,21-23,28H,3-4,10-12,15-19H2,1-2H3,(H,34,38,39). The number of hydrogen-bond donors (Lipinski definition) is 1. The topological polar surface area (TPSA) is 107 Å². The number of carbonyl (C=O) groups excluding carboxylic acids is 5. The minimum Gasteiger partial charge on any atom is -0.342 e. The van der Waals surface area contributed by atoms with Crippen molar-refractivity contribution in [3.8, 4) is 11.1 Å². The number of carbonyl (C=O) groups is 5. The van der Waals surface area contributed by atoms with Crippen LogP contribution in [0.3, 0.4) is 0 Å². The molecule has 3 fully saturated rings. The van der Waals surface area contributed by atoms with Gasteiger partial charge in [0.1, 0.15) is 6.04 Å². The molecule has 2 bridgehead atoms. The second kappa shape index (κ2) is 11.4. The first-order chi connectivity index (χ1) is 20.2. The Morgan fingerprint density at radius 3 is 2.26 bits per heavy atom. The maximum Gasteiger partial charge on any atom is 0.262 e. The molecule has 3 atom stereocenters. The molecule has 1 N–H and O–H groups in total. The van der Waals surface area contributed by atoms with Crippen molar-refractivity contribution in [3.63, 3.8) is 0 Å². The molecule has 6 rings (SSSR count). The molecule has 4 aliphatic rings. The molecule has 0 radical (unpaired) electrons. The van der Waals surface area contributed by atoms with E-state index in [9.17, 15) is 24.0 Å². The molecule has 9 nitrogen and oxygen atoms in total. The van der Waals surface area contributed by atoms with Crippen LogP contribution in [0, 0.1) is 17.8 Å². The van der Waals surface area contributed by atoms with Crippen LogP contribution in [0.4, 0.5) is 0 Å². The highest BCUT2D eigenvalue weighted by atomic mass is 16.2. The number of likely N-dealkylation sites (tertiary alicyclic amines) is 2. The summed E-state index contributed by atoms with van der Waals surface area (Å²) in [5.41, 5.74) is 3.51. The van der Waals surface area contributed by atoms with Crippen molar-refractivity contribution in [2.45, 2.75) is 58.5 Å². The number of amides is 5. The molecule has 0 spiro atoms. The highest BCUT2D eigenvalue weighted by Gasteiger charge is 2.44. The van der Waals surface area contributed by atoms with E-state index >= 15 is 0 Å². The van der Waals surface area contributed by atoms with Gasteiger partial charge in [-0.2, -0.15) is 0 Å². The molecular weight excluding hydrogens is 532 g/mol. The van der Waals surface area contributed by atoms with Crippen molar-refractivity contribution in [3.05, 3.63) is 59.2 Å². The van der Waals surface area contributed by atoms with E-state index in [1.54, 1.807) is 12.1 Å². The van der Waals surface area contributed by atoms with Gasteiger partial charge in [-0.15, -0.1) is 0 Å². The van der Waals surface area contributed by atoms with Gasteiger partial charge in [0.15, 0.2) is 0 Å². The fourth-order valence-corrected chi connectivity index (χ4v) is 7.35. The van der Waals surface area contributed by atoms with Gasteiger partial charge in [-0.25, -0.2) is 0 Å². The van der Waals surface area contributed by atoms with Gasteiger partial charge in [-0.05, 0) is 72.4 Å². The quantitative estimate of drug-likeness (QED) is 0.511. The number of piperidine rings is 3. The Labute approximate surface area is 246 Å². The lowest BCUT2D eigenvalue weighted by atomic mass is 9.83. The smallest absolute Gasteiger partial charge is 0.262 e. The molecule has 0 aromatic heterocycles. The van der Waals surface area contributed by atoms with Crippen molar-refractivity contribution >= 4 is 29.5 Å². The Morgan fingerprint density at radius 1 is 0.881 bits per heavy atom.